The molecule has 6 nitrogen and oxygen atoms in total. The molecule has 1 aromatic rings. The van der Waals surface area contributed by atoms with Gasteiger partial charge >= 0.3 is 0 Å². The second-order valence-corrected chi connectivity index (χ2v) is 4.66. The van der Waals surface area contributed by atoms with Crippen LogP contribution in [0.1, 0.15) is 41.4 Å². The number of amides is 2. The first kappa shape index (κ1) is 15.6. The number of aldehydes is 2. The molecule has 0 unspecified atom stereocenters. The van der Waals surface area contributed by atoms with E-state index < -0.39 is 11.8 Å². The summed E-state index contributed by atoms with van der Waals surface area (Å²) >= 11 is 0. The lowest BCUT2D eigenvalue weighted by Gasteiger charge is -2.16. The lowest BCUT2D eigenvalue weighted by molar-refractivity contribution is 0.0820. The summed E-state index contributed by atoms with van der Waals surface area (Å²) in [6, 6.07) is 2.55. The summed E-state index contributed by atoms with van der Waals surface area (Å²) in [6.45, 7) is 0. The molecule has 1 rings (SSSR count). The Morgan fingerprint density at radius 1 is 0.800 bits per heavy atom. The number of benzene rings is 1. The fourth-order valence-electron chi connectivity index (χ4n) is 1.68. The van der Waals surface area contributed by atoms with Crippen molar-refractivity contribution in [2.24, 2.45) is 0 Å². The van der Waals surface area contributed by atoms with Crippen molar-refractivity contribution in [3.63, 3.8) is 0 Å². The van der Waals surface area contributed by atoms with E-state index in [1.54, 1.807) is 0 Å². The molecule has 0 spiro atoms. The quantitative estimate of drug-likeness (QED) is 0.759. The Bertz CT molecular complexity index is 530. The van der Waals surface area contributed by atoms with E-state index in [9.17, 15) is 19.2 Å². The lowest BCUT2D eigenvalue weighted by atomic mass is 9.98. The number of carbonyl (C=O) groups is 4. The smallest absolute Gasteiger partial charge is 0.254 e. The van der Waals surface area contributed by atoms with Crippen LogP contribution in [0.25, 0.3) is 0 Å². The topological polar surface area (TPSA) is 74.8 Å². The van der Waals surface area contributed by atoms with Gasteiger partial charge in [-0.05, 0) is 12.1 Å². The van der Waals surface area contributed by atoms with Gasteiger partial charge in [0, 0.05) is 39.3 Å². The van der Waals surface area contributed by atoms with Crippen molar-refractivity contribution >= 4 is 24.4 Å². The highest BCUT2D eigenvalue weighted by Crippen LogP contribution is 2.17. The van der Waals surface area contributed by atoms with Gasteiger partial charge < -0.3 is 9.80 Å². The van der Waals surface area contributed by atoms with Gasteiger partial charge in [-0.2, -0.15) is 0 Å². The SMILES string of the molecule is CN(C)C(=O)c1cc(C(=O)N(C)C)c(C=O)cc1C=O. The van der Waals surface area contributed by atoms with Crippen LogP contribution >= 0.6 is 0 Å². The summed E-state index contributed by atoms with van der Waals surface area (Å²) in [7, 11) is 6.16. The van der Waals surface area contributed by atoms with E-state index in [1.165, 1.54) is 50.1 Å². The molecule has 0 aromatic heterocycles. The predicted octanol–water partition coefficient (Wildman–Crippen LogP) is 0.715. The summed E-state index contributed by atoms with van der Waals surface area (Å²) in [5.41, 5.74) is 0.365. The molecule has 106 valence electrons. The maximum atomic E-state index is 12.0. The summed E-state index contributed by atoms with van der Waals surface area (Å²) in [5, 5.41) is 0. The van der Waals surface area contributed by atoms with Gasteiger partial charge in [0.15, 0.2) is 12.6 Å². The zero-order valence-corrected chi connectivity index (χ0v) is 11.8. The molecule has 2 amide bonds. The van der Waals surface area contributed by atoms with Gasteiger partial charge in [-0.1, -0.05) is 0 Å². The molecule has 0 N–H and O–H groups in total. The molecule has 0 aliphatic carbocycles. The molecule has 0 aliphatic rings. The Labute approximate surface area is 117 Å². The van der Waals surface area contributed by atoms with E-state index in [-0.39, 0.29) is 22.3 Å². The second-order valence-electron chi connectivity index (χ2n) is 4.66. The number of carbonyl (C=O) groups excluding carboxylic acids is 4. The highest BCUT2D eigenvalue weighted by atomic mass is 16.2. The molecule has 6 heteroatoms. The van der Waals surface area contributed by atoms with E-state index in [2.05, 4.69) is 0 Å². The zero-order valence-electron chi connectivity index (χ0n) is 11.8. The monoisotopic (exact) mass is 276 g/mol. The maximum absolute atomic E-state index is 12.0. The summed E-state index contributed by atoms with van der Waals surface area (Å²) < 4.78 is 0. The molecule has 0 saturated heterocycles. The van der Waals surface area contributed by atoms with E-state index in [0.29, 0.717) is 12.6 Å². The van der Waals surface area contributed by atoms with Crippen molar-refractivity contribution in [3.8, 4) is 0 Å². The van der Waals surface area contributed by atoms with Crippen LogP contribution in [-0.2, 0) is 0 Å². The van der Waals surface area contributed by atoms with Crippen LogP contribution in [0.5, 0.6) is 0 Å². The van der Waals surface area contributed by atoms with E-state index in [4.69, 9.17) is 0 Å². The van der Waals surface area contributed by atoms with Crippen molar-refractivity contribution < 1.29 is 19.2 Å². The van der Waals surface area contributed by atoms with Gasteiger partial charge in [-0.25, -0.2) is 0 Å². The fraction of sp³-hybridized carbons (Fsp3) is 0.286. The van der Waals surface area contributed by atoms with Crippen LogP contribution in [0.3, 0.4) is 0 Å². The van der Waals surface area contributed by atoms with Crippen LogP contribution < -0.4 is 0 Å². The molecule has 0 bridgehead atoms. The maximum Gasteiger partial charge on any atom is 0.254 e. The molecule has 20 heavy (non-hydrogen) atoms. The highest BCUT2D eigenvalue weighted by Gasteiger charge is 2.20. The molecule has 0 fully saturated rings. The Balaban J connectivity index is 3.57. The van der Waals surface area contributed by atoms with Crippen molar-refractivity contribution in [3.05, 3.63) is 34.4 Å². The Morgan fingerprint density at radius 3 is 1.40 bits per heavy atom. The summed E-state index contributed by atoms with van der Waals surface area (Å²) in [6.07, 6.45) is 0.987. The van der Waals surface area contributed by atoms with Crippen LogP contribution in [0.15, 0.2) is 12.1 Å². The molecule has 1 aromatic carbocycles. The minimum atomic E-state index is -0.405. The van der Waals surface area contributed by atoms with E-state index in [0.717, 1.165) is 0 Å². The number of hydrogen-bond donors (Lipinski definition) is 0. The van der Waals surface area contributed by atoms with Crippen LogP contribution in [0.2, 0.25) is 0 Å². The zero-order chi connectivity index (χ0) is 15.4. The number of hydrogen-bond acceptors (Lipinski definition) is 4. The van der Waals surface area contributed by atoms with Crippen LogP contribution in [-0.4, -0.2) is 62.4 Å². The number of rotatable bonds is 4. The average Bonchev–Trinajstić information content (AvgIpc) is 2.43. The van der Waals surface area contributed by atoms with Gasteiger partial charge in [-0.3, -0.25) is 19.2 Å². The molecular weight excluding hydrogens is 260 g/mol. The third-order valence-corrected chi connectivity index (χ3v) is 2.75. The van der Waals surface area contributed by atoms with Gasteiger partial charge in [-0.15, -0.1) is 0 Å². The number of nitrogens with zero attached hydrogens (tertiary/aromatic N) is 2. The first-order valence-electron chi connectivity index (χ1n) is 5.85. The van der Waals surface area contributed by atoms with Crippen molar-refractivity contribution in [2.45, 2.75) is 0 Å². The largest absolute Gasteiger partial charge is 0.345 e. The minimum absolute atomic E-state index is 0.0844. The highest BCUT2D eigenvalue weighted by molar-refractivity contribution is 6.08. The normalized spacial score (nSPS) is 9.80. The third-order valence-electron chi connectivity index (χ3n) is 2.75. The molecule has 0 radical (unpaired) electrons. The predicted molar refractivity (Wildman–Crippen MR) is 73.3 cm³/mol. The summed E-state index contributed by atoms with van der Waals surface area (Å²) in [5.74, 6) is -0.810. The van der Waals surface area contributed by atoms with Gasteiger partial charge in [0.2, 0.25) is 0 Å². The molecule has 0 atom stereocenters. The molecule has 0 aliphatic heterocycles. The van der Waals surface area contributed by atoms with Gasteiger partial charge in [0.05, 0.1) is 11.1 Å². The van der Waals surface area contributed by atoms with Crippen LogP contribution in [0.4, 0.5) is 0 Å². The summed E-state index contributed by atoms with van der Waals surface area (Å²) in [4.78, 5) is 48.8. The van der Waals surface area contributed by atoms with Crippen molar-refractivity contribution in [1.29, 1.82) is 0 Å². The van der Waals surface area contributed by atoms with Gasteiger partial charge in [0.1, 0.15) is 0 Å². The Morgan fingerprint density at radius 2 is 1.15 bits per heavy atom. The van der Waals surface area contributed by atoms with Crippen molar-refractivity contribution in [2.75, 3.05) is 28.2 Å². The van der Waals surface area contributed by atoms with Gasteiger partial charge in [0.25, 0.3) is 11.8 Å². The first-order valence-corrected chi connectivity index (χ1v) is 5.85. The van der Waals surface area contributed by atoms with E-state index >= 15 is 0 Å². The fourth-order valence-corrected chi connectivity index (χ4v) is 1.68. The molecule has 0 saturated carbocycles. The second kappa shape index (κ2) is 6.10. The molecular formula is C14H16N2O4. The standard InChI is InChI=1S/C14H16N2O4/c1-15(2)13(19)11-6-12(14(20)16(3)4)10(8-18)5-9(11)7-17/h5-8H,1-4H3. The van der Waals surface area contributed by atoms with Crippen molar-refractivity contribution in [1.82, 2.24) is 9.80 Å². The average molecular weight is 276 g/mol. The Kier molecular flexibility index (Phi) is 4.74. The third kappa shape index (κ3) is 2.90. The lowest BCUT2D eigenvalue weighted by Crippen LogP contribution is -2.26. The van der Waals surface area contributed by atoms with Crippen LogP contribution in [0, 0.1) is 0 Å². The van der Waals surface area contributed by atoms with E-state index in [1.807, 2.05) is 0 Å². The molecule has 0 heterocycles. The minimum Gasteiger partial charge on any atom is -0.345 e. The first-order chi connectivity index (χ1) is 9.33. The Hall–Kier alpha value is -2.50.